The zero-order valence-corrected chi connectivity index (χ0v) is 12.7. The number of nitrogens with one attached hydrogen (secondary N) is 1. The van der Waals surface area contributed by atoms with Gasteiger partial charge in [-0.25, -0.2) is 0 Å². The molecule has 2 rings (SSSR count). The molecule has 5 nitrogen and oxygen atoms in total. The lowest BCUT2D eigenvalue weighted by atomic mass is 9.87. The fraction of sp³-hybridized carbons (Fsp3) is 0.500. The first kappa shape index (κ1) is 14.9. The minimum absolute atomic E-state index is 0.146. The van der Waals surface area contributed by atoms with Crippen LogP contribution in [0.2, 0.25) is 0 Å². The minimum atomic E-state index is -0.573. The van der Waals surface area contributed by atoms with Gasteiger partial charge < -0.3 is 16.0 Å². The Morgan fingerprint density at radius 3 is 2.70 bits per heavy atom. The van der Waals surface area contributed by atoms with Crippen molar-refractivity contribution in [3.63, 3.8) is 0 Å². The van der Waals surface area contributed by atoms with E-state index in [9.17, 15) is 4.79 Å². The molecule has 0 aliphatic carbocycles. The summed E-state index contributed by atoms with van der Waals surface area (Å²) in [6.45, 7) is 3.59. The average molecular weight is 292 g/mol. The largest absolute Gasteiger partial charge is 0.391 e. The van der Waals surface area contributed by atoms with Crippen LogP contribution in [0.5, 0.6) is 0 Å². The Morgan fingerprint density at radius 2 is 2.15 bits per heavy atom. The Bertz CT molecular complexity index is 524. The molecule has 6 heteroatoms. The van der Waals surface area contributed by atoms with Gasteiger partial charge in [0.1, 0.15) is 0 Å². The van der Waals surface area contributed by atoms with Gasteiger partial charge >= 0.3 is 0 Å². The van der Waals surface area contributed by atoms with Gasteiger partial charge in [0.25, 0.3) is 5.91 Å². The first-order valence-electron chi connectivity index (χ1n) is 6.66. The summed E-state index contributed by atoms with van der Waals surface area (Å²) in [6.07, 6.45) is 3.12. The molecule has 20 heavy (non-hydrogen) atoms. The number of carbonyl (C=O) groups is 1. The lowest BCUT2D eigenvalue weighted by molar-refractivity contribution is 0.0890. The summed E-state index contributed by atoms with van der Waals surface area (Å²) in [6, 6.07) is 3.46. The molecule has 0 saturated carbocycles. The van der Waals surface area contributed by atoms with E-state index in [1.807, 2.05) is 6.92 Å². The highest BCUT2D eigenvalue weighted by atomic mass is 32.1. The third-order valence-electron chi connectivity index (χ3n) is 3.82. The first-order chi connectivity index (χ1) is 9.43. The highest BCUT2D eigenvalue weighted by Gasteiger charge is 2.38. The molecule has 0 atom stereocenters. The number of likely N-dealkylation sites (tertiary alicyclic amines) is 1. The third kappa shape index (κ3) is 3.13. The molecule has 3 N–H and O–H groups in total. The third-order valence-corrected chi connectivity index (χ3v) is 4.21. The molecule has 0 bridgehead atoms. The molecule has 1 aromatic heterocycles. The smallest absolute Gasteiger partial charge is 0.252 e. The van der Waals surface area contributed by atoms with Gasteiger partial charge in [0, 0.05) is 30.5 Å². The Kier molecular flexibility index (Phi) is 4.35. The van der Waals surface area contributed by atoms with Crippen LogP contribution in [-0.4, -0.2) is 46.5 Å². The van der Waals surface area contributed by atoms with Gasteiger partial charge in [0.2, 0.25) is 0 Å². The number of hydrogen-bond donors (Lipinski definition) is 2. The normalized spacial score (nSPS) is 18.5. The van der Waals surface area contributed by atoms with E-state index in [4.69, 9.17) is 18.0 Å². The van der Waals surface area contributed by atoms with Gasteiger partial charge in [-0.2, -0.15) is 0 Å². The number of rotatable bonds is 3. The van der Waals surface area contributed by atoms with Crippen LogP contribution in [0, 0.1) is 6.92 Å². The van der Waals surface area contributed by atoms with Crippen LogP contribution in [0.3, 0.4) is 0 Å². The van der Waals surface area contributed by atoms with E-state index in [0.717, 1.165) is 31.6 Å². The van der Waals surface area contributed by atoms with Crippen molar-refractivity contribution >= 4 is 23.1 Å². The maximum Gasteiger partial charge on any atom is 0.252 e. The van der Waals surface area contributed by atoms with Crippen molar-refractivity contribution in [3.05, 3.63) is 29.6 Å². The second-order valence-corrected chi connectivity index (χ2v) is 5.83. The van der Waals surface area contributed by atoms with Crippen molar-refractivity contribution in [3.8, 4) is 0 Å². The molecule has 0 radical (unpaired) electrons. The van der Waals surface area contributed by atoms with Crippen LogP contribution in [0.4, 0.5) is 0 Å². The van der Waals surface area contributed by atoms with Crippen molar-refractivity contribution < 1.29 is 4.79 Å². The van der Waals surface area contributed by atoms with E-state index in [1.54, 1.807) is 18.3 Å². The number of nitrogens with zero attached hydrogens (tertiary/aromatic N) is 2. The number of thiocarbonyl (C=S) groups is 1. The highest BCUT2D eigenvalue weighted by molar-refractivity contribution is 7.80. The van der Waals surface area contributed by atoms with Crippen LogP contribution < -0.4 is 11.1 Å². The van der Waals surface area contributed by atoms with Crippen LogP contribution in [-0.2, 0) is 0 Å². The SMILES string of the molecule is Cc1cc(C(=O)NC2(C(N)=S)CCN(C)CC2)ccn1. The number of amides is 1. The Morgan fingerprint density at radius 1 is 1.50 bits per heavy atom. The van der Waals surface area contributed by atoms with Gasteiger partial charge in [0.05, 0.1) is 10.5 Å². The molecular weight excluding hydrogens is 272 g/mol. The summed E-state index contributed by atoms with van der Waals surface area (Å²) in [5.74, 6) is -0.146. The average Bonchev–Trinajstić information content (AvgIpc) is 2.41. The van der Waals surface area contributed by atoms with E-state index < -0.39 is 5.54 Å². The van der Waals surface area contributed by atoms with Crippen LogP contribution in [0.15, 0.2) is 18.3 Å². The van der Waals surface area contributed by atoms with Crippen LogP contribution in [0.25, 0.3) is 0 Å². The number of aryl methyl sites for hydroxylation is 1. The monoisotopic (exact) mass is 292 g/mol. The molecule has 108 valence electrons. The van der Waals surface area contributed by atoms with Gasteiger partial charge in [-0.15, -0.1) is 0 Å². The lowest BCUT2D eigenvalue weighted by Gasteiger charge is -2.40. The number of hydrogen-bond acceptors (Lipinski definition) is 4. The molecule has 0 unspecified atom stereocenters. The summed E-state index contributed by atoms with van der Waals surface area (Å²) in [5, 5.41) is 3.04. The predicted molar refractivity (Wildman–Crippen MR) is 82.7 cm³/mol. The fourth-order valence-electron chi connectivity index (χ4n) is 2.41. The van der Waals surface area contributed by atoms with Crippen molar-refractivity contribution in [2.24, 2.45) is 5.73 Å². The topological polar surface area (TPSA) is 71.2 Å². The summed E-state index contributed by atoms with van der Waals surface area (Å²) in [5.41, 5.74) is 6.72. The molecular formula is C14H20N4OS. The maximum absolute atomic E-state index is 12.4. The highest BCUT2D eigenvalue weighted by Crippen LogP contribution is 2.22. The van der Waals surface area contributed by atoms with Crippen molar-refractivity contribution in [1.82, 2.24) is 15.2 Å². The zero-order valence-electron chi connectivity index (χ0n) is 11.8. The van der Waals surface area contributed by atoms with Crippen molar-refractivity contribution in [2.75, 3.05) is 20.1 Å². The Balaban J connectivity index is 2.17. The number of piperidine rings is 1. The molecule has 1 saturated heterocycles. The van der Waals surface area contributed by atoms with Crippen molar-refractivity contribution in [1.29, 1.82) is 0 Å². The Hall–Kier alpha value is -1.53. The second kappa shape index (κ2) is 5.85. The number of carbonyl (C=O) groups excluding carboxylic acids is 1. The van der Waals surface area contributed by atoms with Crippen LogP contribution in [0.1, 0.15) is 28.9 Å². The molecule has 1 aliphatic rings. The van der Waals surface area contributed by atoms with Gasteiger partial charge in [-0.3, -0.25) is 9.78 Å². The number of pyridine rings is 1. The molecule has 1 fully saturated rings. The molecule has 1 aliphatic heterocycles. The summed E-state index contributed by atoms with van der Waals surface area (Å²) < 4.78 is 0. The van der Waals surface area contributed by atoms with Gasteiger partial charge in [0.15, 0.2) is 0 Å². The predicted octanol–water partition coefficient (Wildman–Crippen LogP) is 0.870. The van der Waals surface area contributed by atoms with Crippen molar-refractivity contribution in [2.45, 2.75) is 25.3 Å². The summed E-state index contributed by atoms with van der Waals surface area (Å²) in [7, 11) is 2.05. The molecule has 0 spiro atoms. The summed E-state index contributed by atoms with van der Waals surface area (Å²) >= 11 is 5.19. The number of aromatic nitrogens is 1. The van der Waals surface area contributed by atoms with Crippen LogP contribution >= 0.6 is 12.2 Å². The van der Waals surface area contributed by atoms with E-state index in [0.29, 0.717) is 10.6 Å². The Labute approximate surface area is 124 Å². The van der Waals surface area contributed by atoms with Gasteiger partial charge in [-0.1, -0.05) is 12.2 Å². The molecule has 2 heterocycles. The van der Waals surface area contributed by atoms with E-state index in [1.165, 1.54) is 0 Å². The van der Waals surface area contributed by atoms with E-state index in [-0.39, 0.29) is 5.91 Å². The summed E-state index contributed by atoms with van der Waals surface area (Å²) in [4.78, 5) is 19.1. The lowest BCUT2D eigenvalue weighted by Crippen LogP contribution is -2.61. The number of nitrogens with two attached hydrogens (primary N) is 1. The first-order valence-corrected chi connectivity index (χ1v) is 7.07. The second-order valence-electron chi connectivity index (χ2n) is 5.39. The molecule has 0 aromatic carbocycles. The molecule has 1 aromatic rings. The quantitative estimate of drug-likeness (QED) is 0.809. The van der Waals surface area contributed by atoms with E-state index >= 15 is 0 Å². The zero-order chi connectivity index (χ0) is 14.8. The molecule has 1 amide bonds. The minimum Gasteiger partial charge on any atom is -0.391 e. The fourth-order valence-corrected chi connectivity index (χ4v) is 2.66. The standard InChI is InChI=1S/C14H20N4OS/c1-10-9-11(3-6-16-10)12(19)17-14(13(15)20)4-7-18(2)8-5-14/h3,6,9H,4-5,7-8H2,1-2H3,(H2,15,20)(H,17,19). The van der Waals surface area contributed by atoms with Gasteiger partial charge in [-0.05, 0) is 38.9 Å². The van der Waals surface area contributed by atoms with E-state index in [2.05, 4.69) is 22.2 Å². The maximum atomic E-state index is 12.4.